The molecule has 1 aromatic carbocycles. The molecule has 11 heteroatoms. The number of imidazole rings is 1. The summed E-state index contributed by atoms with van der Waals surface area (Å²) >= 11 is 0. The van der Waals surface area contributed by atoms with Gasteiger partial charge in [-0.05, 0) is 18.2 Å². The van der Waals surface area contributed by atoms with Crippen LogP contribution in [0, 0.1) is 0 Å². The minimum atomic E-state index is -4.69. The molecule has 2 N–H and O–H groups in total. The monoisotopic (exact) mass is 386 g/mol. The van der Waals surface area contributed by atoms with Gasteiger partial charge in [-0.3, -0.25) is 4.57 Å². The fourth-order valence-electron chi connectivity index (χ4n) is 2.56. The lowest BCUT2D eigenvalue weighted by atomic mass is 10.3. The van der Waals surface area contributed by atoms with Crippen LogP contribution in [0.1, 0.15) is 5.82 Å². The van der Waals surface area contributed by atoms with Gasteiger partial charge < -0.3 is 10.6 Å². The topological polar surface area (TPSA) is 93.4 Å². The minimum Gasteiger partial charge on any atom is -0.371 e. The van der Waals surface area contributed by atoms with Gasteiger partial charge in [-0.25, -0.2) is 19.9 Å². The van der Waals surface area contributed by atoms with Crippen LogP contribution in [0.3, 0.4) is 0 Å². The Labute approximate surface area is 156 Å². The molecular weight excluding hydrogens is 373 g/mol. The molecule has 0 aliphatic carbocycles. The van der Waals surface area contributed by atoms with E-state index in [0.717, 1.165) is 5.69 Å². The van der Waals surface area contributed by atoms with Gasteiger partial charge in [0.15, 0.2) is 17.0 Å². The van der Waals surface area contributed by atoms with Crippen LogP contribution >= 0.6 is 0 Å². The van der Waals surface area contributed by atoms with E-state index in [4.69, 9.17) is 0 Å². The van der Waals surface area contributed by atoms with Crippen LogP contribution in [-0.4, -0.2) is 36.5 Å². The number of rotatable bonds is 4. The number of nitrogens with one attached hydrogen (secondary N) is 2. The summed E-state index contributed by atoms with van der Waals surface area (Å²) in [5, 5.41) is 5.65. The molecule has 4 aromatic rings. The van der Waals surface area contributed by atoms with E-state index in [1.807, 2.05) is 30.3 Å². The molecule has 0 saturated carbocycles. The number of halogens is 3. The largest absolute Gasteiger partial charge is 0.451 e. The summed E-state index contributed by atoms with van der Waals surface area (Å²) in [6, 6.07) is 10.8. The summed E-state index contributed by atoms with van der Waals surface area (Å²) in [6.07, 6.45) is -1.86. The third kappa shape index (κ3) is 3.29. The Morgan fingerprint density at radius 1 is 0.964 bits per heavy atom. The van der Waals surface area contributed by atoms with Crippen molar-refractivity contribution in [3.63, 3.8) is 0 Å². The zero-order valence-electron chi connectivity index (χ0n) is 14.4. The van der Waals surface area contributed by atoms with Crippen molar-refractivity contribution < 1.29 is 13.2 Å². The summed E-state index contributed by atoms with van der Waals surface area (Å²) in [5.74, 6) is -0.690. The highest BCUT2D eigenvalue weighted by Gasteiger charge is 2.36. The van der Waals surface area contributed by atoms with Crippen LogP contribution < -0.4 is 10.6 Å². The van der Waals surface area contributed by atoms with Gasteiger partial charge >= 0.3 is 6.18 Å². The van der Waals surface area contributed by atoms with Crippen molar-refractivity contribution in [1.29, 1.82) is 0 Å². The van der Waals surface area contributed by atoms with Gasteiger partial charge in [-0.15, -0.1) is 0 Å². The Hall–Kier alpha value is -3.76. The summed E-state index contributed by atoms with van der Waals surface area (Å²) in [4.78, 5) is 19.8. The van der Waals surface area contributed by atoms with Crippen molar-refractivity contribution in [2.24, 2.45) is 0 Å². The normalized spacial score (nSPS) is 11.6. The average Bonchev–Trinajstić information content (AvgIpc) is 3.12. The third-order valence-corrected chi connectivity index (χ3v) is 3.80. The molecule has 0 radical (unpaired) electrons. The predicted molar refractivity (Wildman–Crippen MR) is 96.5 cm³/mol. The number of alkyl halides is 3. The summed E-state index contributed by atoms with van der Waals surface area (Å²) in [7, 11) is 1.47. The molecule has 28 heavy (non-hydrogen) atoms. The van der Waals surface area contributed by atoms with Crippen molar-refractivity contribution in [3.05, 3.63) is 54.7 Å². The van der Waals surface area contributed by atoms with Gasteiger partial charge in [0.25, 0.3) is 0 Å². The van der Waals surface area contributed by atoms with Crippen LogP contribution in [0.25, 0.3) is 17.0 Å². The number of aromatic nitrogens is 6. The van der Waals surface area contributed by atoms with Gasteiger partial charge in [-0.1, -0.05) is 18.2 Å². The Kier molecular flexibility index (Phi) is 4.26. The third-order valence-electron chi connectivity index (χ3n) is 3.80. The molecule has 0 unspecified atom stereocenters. The van der Waals surface area contributed by atoms with Crippen molar-refractivity contribution in [1.82, 2.24) is 29.5 Å². The van der Waals surface area contributed by atoms with Gasteiger partial charge in [-0.2, -0.15) is 18.2 Å². The molecule has 0 fully saturated rings. The lowest BCUT2D eigenvalue weighted by Crippen LogP contribution is -2.13. The Balaban J connectivity index is 1.80. The van der Waals surface area contributed by atoms with E-state index in [1.54, 1.807) is 6.07 Å². The highest BCUT2D eigenvalue weighted by molar-refractivity contribution is 5.84. The molecule has 0 aliphatic heterocycles. The number of fused-ring (bicyclic) bond motifs is 1. The molecule has 3 aromatic heterocycles. The maximum absolute atomic E-state index is 13.2. The number of para-hydroxylation sites is 1. The predicted octanol–water partition coefficient (Wildman–Crippen LogP) is 3.41. The first-order valence-electron chi connectivity index (χ1n) is 8.11. The smallest absolute Gasteiger partial charge is 0.371 e. The molecule has 0 bridgehead atoms. The molecule has 142 valence electrons. The molecule has 0 amide bonds. The SMILES string of the molecule is CNc1nc(C(F)(F)F)nc2c1ncn2-c1ccnc(Nc2ccccc2)n1. The number of hydrogen-bond donors (Lipinski definition) is 2. The van der Waals surface area contributed by atoms with E-state index in [1.165, 1.54) is 24.1 Å². The highest BCUT2D eigenvalue weighted by Crippen LogP contribution is 2.30. The molecule has 8 nitrogen and oxygen atoms in total. The number of anilines is 3. The van der Waals surface area contributed by atoms with Crippen LogP contribution in [0.15, 0.2) is 48.9 Å². The quantitative estimate of drug-likeness (QED) is 0.555. The number of benzene rings is 1. The molecular formula is C17H13F3N8. The lowest BCUT2D eigenvalue weighted by molar-refractivity contribution is -0.144. The molecule has 0 atom stereocenters. The second-order valence-electron chi connectivity index (χ2n) is 5.66. The van der Waals surface area contributed by atoms with E-state index in [0.29, 0.717) is 5.82 Å². The van der Waals surface area contributed by atoms with E-state index in [9.17, 15) is 13.2 Å². The van der Waals surface area contributed by atoms with E-state index in [-0.39, 0.29) is 22.9 Å². The molecule has 4 rings (SSSR count). The van der Waals surface area contributed by atoms with Gasteiger partial charge in [0.05, 0.1) is 0 Å². The second kappa shape index (κ2) is 6.76. The molecule has 0 saturated heterocycles. The van der Waals surface area contributed by atoms with Gasteiger partial charge in [0.2, 0.25) is 11.8 Å². The first-order valence-corrected chi connectivity index (χ1v) is 8.11. The summed E-state index contributed by atoms with van der Waals surface area (Å²) in [5.41, 5.74) is 0.956. The first kappa shape index (κ1) is 17.6. The Bertz CT molecular complexity index is 1120. The summed E-state index contributed by atoms with van der Waals surface area (Å²) in [6.45, 7) is 0. The fraction of sp³-hybridized carbons (Fsp3) is 0.118. The fourth-order valence-corrected chi connectivity index (χ4v) is 2.56. The van der Waals surface area contributed by atoms with Gasteiger partial charge in [0, 0.05) is 18.9 Å². The molecule has 0 spiro atoms. The Morgan fingerprint density at radius 3 is 2.46 bits per heavy atom. The van der Waals surface area contributed by atoms with Crippen LogP contribution in [0.5, 0.6) is 0 Å². The maximum atomic E-state index is 13.2. The summed E-state index contributed by atoms with van der Waals surface area (Å²) < 4.78 is 40.8. The molecule has 0 aliphatic rings. The standard InChI is InChI=1S/C17H13F3N8/c1-21-13-12-14(27-15(26-13)17(18,19)20)28(9-23-12)11-7-8-22-16(25-11)24-10-5-3-2-4-6-10/h2-9H,1H3,(H,21,26,27)(H,22,24,25). The average molecular weight is 386 g/mol. The minimum absolute atomic E-state index is 0.0176. The van der Waals surface area contributed by atoms with Crippen molar-refractivity contribution >= 4 is 28.6 Å². The van der Waals surface area contributed by atoms with Crippen molar-refractivity contribution in [2.45, 2.75) is 6.18 Å². The highest BCUT2D eigenvalue weighted by atomic mass is 19.4. The first-order chi connectivity index (χ1) is 13.5. The van der Waals surface area contributed by atoms with Gasteiger partial charge in [0.1, 0.15) is 12.1 Å². The second-order valence-corrected chi connectivity index (χ2v) is 5.66. The Morgan fingerprint density at radius 2 is 1.75 bits per heavy atom. The lowest BCUT2D eigenvalue weighted by Gasteiger charge is -2.10. The van der Waals surface area contributed by atoms with E-state index < -0.39 is 12.0 Å². The number of hydrogen-bond acceptors (Lipinski definition) is 7. The molecule has 3 heterocycles. The maximum Gasteiger partial charge on any atom is 0.451 e. The van der Waals surface area contributed by atoms with Crippen LogP contribution in [0.4, 0.5) is 30.6 Å². The van der Waals surface area contributed by atoms with E-state index >= 15 is 0 Å². The van der Waals surface area contributed by atoms with Crippen LogP contribution in [0.2, 0.25) is 0 Å². The zero-order valence-corrected chi connectivity index (χ0v) is 14.4. The van der Waals surface area contributed by atoms with Crippen molar-refractivity contribution in [3.8, 4) is 5.82 Å². The van der Waals surface area contributed by atoms with Crippen LogP contribution in [-0.2, 0) is 6.18 Å². The van der Waals surface area contributed by atoms with E-state index in [2.05, 4.69) is 35.6 Å². The zero-order chi connectivity index (χ0) is 19.7. The van der Waals surface area contributed by atoms with Crippen molar-refractivity contribution in [2.75, 3.05) is 17.7 Å². The number of nitrogens with zero attached hydrogens (tertiary/aromatic N) is 6.